The highest BCUT2D eigenvalue weighted by Crippen LogP contribution is 2.39. The van der Waals surface area contributed by atoms with E-state index in [-0.39, 0.29) is 43.5 Å². The predicted molar refractivity (Wildman–Crippen MR) is 173 cm³/mol. The fourth-order valence-electron chi connectivity index (χ4n) is 4.91. The summed E-state index contributed by atoms with van der Waals surface area (Å²) in [7, 11) is 0. The van der Waals surface area contributed by atoms with Crippen molar-refractivity contribution >= 4 is 40.6 Å². The Morgan fingerprint density at radius 3 is 2.29 bits per heavy atom. The molecule has 10 nitrogen and oxygen atoms in total. The van der Waals surface area contributed by atoms with Crippen molar-refractivity contribution in [2.75, 3.05) is 22.1 Å². The lowest BCUT2D eigenvalue weighted by Crippen LogP contribution is -2.32. The zero-order chi connectivity index (χ0) is 31.6. The third-order valence-electron chi connectivity index (χ3n) is 7.33. The van der Waals surface area contributed by atoms with E-state index >= 15 is 0 Å². The maximum Gasteiger partial charge on any atom is 0.251 e. The molecule has 0 bridgehead atoms. The van der Waals surface area contributed by atoms with Crippen molar-refractivity contribution in [3.05, 3.63) is 119 Å². The van der Waals surface area contributed by atoms with Gasteiger partial charge in [0.1, 0.15) is 0 Å². The lowest BCUT2D eigenvalue weighted by atomic mass is 10.0. The second-order valence-corrected chi connectivity index (χ2v) is 11.7. The zero-order valence-corrected chi connectivity index (χ0v) is 25.5. The largest absolute Gasteiger partial charge is 0.618 e. The number of benzene rings is 3. The molecule has 0 radical (unpaired) electrons. The van der Waals surface area contributed by atoms with Crippen molar-refractivity contribution in [1.82, 2.24) is 0 Å². The number of para-hydroxylation sites is 2. The highest BCUT2D eigenvalue weighted by Gasteiger charge is 2.32. The summed E-state index contributed by atoms with van der Waals surface area (Å²) in [6.07, 6.45) is 1.72. The maximum absolute atomic E-state index is 12.5. The molecule has 0 aliphatic carbocycles. The van der Waals surface area contributed by atoms with Gasteiger partial charge in [0.25, 0.3) is 5.03 Å². The molecule has 0 unspecified atom stereocenters. The summed E-state index contributed by atoms with van der Waals surface area (Å²) in [5.74, 6) is 0.162. The fourth-order valence-corrected chi connectivity index (χ4v) is 5.84. The first kappa shape index (κ1) is 32.0. The number of rotatable bonds is 12. The number of hydrogen-bond donors (Lipinski definition) is 4. The van der Waals surface area contributed by atoms with Crippen LogP contribution in [0.4, 0.5) is 17.1 Å². The first-order valence-electron chi connectivity index (χ1n) is 14.7. The molecule has 11 heteroatoms. The van der Waals surface area contributed by atoms with E-state index in [0.29, 0.717) is 40.7 Å². The van der Waals surface area contributed by atoms with E-state index in [1.165, 1.54) is 18.0 Å². The Bertz CT molecular complexity index is 1580. The van der Waals surface area contributed by atoms with Gasteiger partial charge in [-0.05, 0) is 47.9 Å². The number of hydrogen-bond acceptors (Lipinski definition) is 8. The van der Waals surface area contributed by atoms with Crippen LogP contribution in [0.2, 0.25) is 0 Å². The summed E-state index contributed by atoms with van der Waals surface area (Å²) >= 11 is 1.43. The molecule has 5 rings (SSSR count). The molecule has 3 atom stereocenters. The Kier molecular flexibility index (Phi) is 11.0. The van der Waals surface area contributed by atoms with Crippen LogP contribution in [-0.2, 0) is 25.7 Å². The van der Waals surface area contributed by atoms with E-state index < -0.39 is 6.29 Å². The van der Waals surface area contributed by atoms with Gasteiger partial charge in [0.2, 0.25) is 11.8 Å². The molecule has 1 aliphatic rings. The van der Waals surface area contributed by atoms with E-state index in [1.807, 2.05) is 42.5 Å². The number of nitrogen functional groups attached to an aromatic ring is 1. The van der Waals surface area contributed by atoms with Crippen molar-refractivity contribution in [2.24, 2.45) is 0 Å². The fraction of sp³-hybridized carbons (Fsp3) is 0.265. The number of carbonyl (C=O) groups is 2. The number of ether oxygens (including phenoxy) is 2. The number of nitrogens with zero attached hydrogens (tertiary/aromatic N) is 1. The molecule has 234 valence electrons. The summed E-state index contributed by atoms with van der Waals surface area (Å²) in [6.45, 7) is -0.0366. The lowest BCUT2D eigenvalue weighted by Gasteiger charge is -2.36. The van der Waals surface area contributed by atoms with Gasteiger partial charge in [-0.1, -0.05) is 60.3 Å². The van der Waals surface area contributed by atoms with Crippen molar-refractivity contribution in [1.29, 1.82) is 0 Å². The Hall–Kier alpha value is -4.42. The smallest absolute Gasteiger partial charge is 0.251 e. The molecule has 1 saturated heterocycles. The first-order chi connectivity index (χ1) is 21.9. The van der Waals surface area contributed by atoms with Crippen LogP contribution in [0.25, 0.3) is 0 Å². The number of nitrogens with two attached hydrogens (primary N) is 1. The van der Waals surface area contributed by atoms with Crippen LogP contribution in [-0.4, -0.2) is 28.8 Å². The second-order valence-electron chi connectivity index (χ2n) is 10.7. The van der Waals surface area contributed by atoms with Gasteiger partial charge in [-0.3, -0.25) is 9.59 Å². The van der Waals surface area contributed by atoms with Gasteiger partial charge in [-0.15, -0.1) is 0 Å². The van der Waals surface area contributed by atoms with Gasteiger partial charge in [0, 0.05) is 48.4 Å². The molecule has 2 heterocycles. The average Bonchev–Trinajstić information content (AvgIpc) is 3.06. The van der Waals surface area contributed by atoms with Gasteiger partial charge in [-0.25, -0.2) is 0 Å². The lowest BCUT2D eigenvalue weighted by molar-refractivity contribution is -0.645. The van der Waals surface area contributed by atoms with Gasteiger partial charge >= 0.3 is 0 Å². The van der Waals surface area contributed by atoms with Crippen molar-refractivity contribution < 1.29 is 28.9 Å². The SMILES string of the molecule is Nc1ccccc1NC(=O)CCCC(=O)Nc1ccc([C@@H]2O[C@H](CSc3cccc[n+]3[O-])C[C@H](c3ccc(CO)cc3)O2)cc1. The van der Waals surface area contributed by atoms with Crippen LogP contribution in [0.5, 0.6) is 0 Å². The normalized spacial score (nSPS) is 17.8. The number of nitrogens with one attached hydrogen (secondary N) is 2. The Morgan fingerprint density at radius 1 is 0.889 bits per heavy atom. The van der Waals surface area contributed by atoms with Crippen LogP contribution < -0.4 is 21.1 Å². The van der Waals surface area contributed by atoms with Crippen LogP contribution in [0, 0.1) is 5.21 Å². The third kappa shape index (κ3) is 9.05. The molecule has 1 aromatic heterocycles. The molecule has 3 aromatic carbocycles. The minimum atomic E-state index is -0.663. The van der Waals surface area contributed by atoms with Gasteiger partial charge in [0.05, 0.1) is 30.2 Å². The Morgan fingerprint density at radius 2 is 1.58 bits per heavy atom. The molecule has 5 N–H and O–H groups in total. The number of pyridine rings is 1. The standard InChI is InChI=1S/C34H36N4O6S/c35-28-6-1-2-7-29(28)37-32(41)9-5-8-31(40)36-26-17-15-25(16-18-26)34-43-27(22-45-33-10-3-4-19-38(33)42)20-30(44-34)24-13-11-23(21-39)12-14-24/h1-4,6-7,10-19,27,30,34,39H,5,8-9,20-22,35H2,(H,36,40)(H,37,41)/t27-,30+,34+/m0/s1. The summed E-state index contributed by atoms with van der Waals surface area (Å²) in [6, 6.07) is 27.3. The van der Waals surface area contributed by atoms with Crippen molar-refractivity contribution in [3.8, 4) is 0 Å². The van der Waals surface area contributed by atoms with E-state index in [1.54, 1.807) is 48.5 Å². The van der Waals surface area contributed by atoms with Crippen LogP contribution in [0.15, 0.2) is 102 Å². The second kappa shape index (κ2) is 15.5. The number of thioether (sulfide) groups is 1. The van der Waals surface area contributed by atoms with Gasteiger partial charge in [0.15, 0.2) is 12.5 Å². The minimum Gasteiger partial charge on any atom is -0.618 e. The first-order valence-corrected chi connectivity index (χ1v) is 15.7. The van der Waals surface area contributed by atoms with E-state index in [9.17, 15) is 19.9 Å². The molecular weight excluding hydrogens is 592 g/mol. The zero-order valence-electron chi connectivity index (χ0n) is 24.6. The quantitative estimate of drug-likeness (QED) is 0.0697. The predicted octanol–water partition coefficient (Wildman–Crippen LogP) is 5.48. The molecule has 45 heavy (non-hydrogen) atoms. The number of carbonyl (C=O) groups excluding carboxylic acids is 2. The number of aliphatic hydroxyl groups excluding tert-OH is 1. The summed E-state index contributed by atoms with van der Waals surface area (Å²) < 4.78 is 13.6. The highest BCUT2D eigenvalue weighted by atomic mass is 32.2. The summed E-state index contributed by atoms with van der Waals surface area (Å²) in [5, 5.41) is 27.8. The Balaban J connectivity index is 1.17. The van der Waals surface area contributed by atoms with Crippen molar-refractivity contribution in [3.63, 3.8) is 0 Å². The van der Waals surface area contributed by atoms with Gasteiger partial charge in [-0.2, -0.15) is 4.73 Å². The van der Waals surface area contributed by atoms with E-state index in [4.69, 9.17) is 15.2 Å². The number of anilines is 3. The number of amides is 2. The molecular formula is C34H36N4O6S. The van der Waals surface area contributed by atoms with E-state index in [2.05, 4.69) is 10.6 Å². The van der Waals surface area contributed by atoms with Gasteiger partial charge < -0.3 is 36.2 Å². The summed E-state index contributed by atoms with van der Waals surface area (Å²) in [5.41, 5.74) is 10.1. The molecule has 1 aliphatic heterocycles. The monoisotopic (exact) mass is 628 g/mol. The minimum absolute atomic E-state index is 0.0366. The molecule has 0 spiro atoms. The van der Waals surface area contributed by atoms with Crippen molar-refractivity contribution in [2.45, 2.75) is 55.8 Å². The summed E-state index contributed by atoms with van der Waals surface area (Å²) in [4.78, 5) is 24.8. The topological polar surface area (TPSA) is 150 Å². The molecule has 0 saturated carbocycles. The highest BCUT2D eigenvalue weighted by molar-refractivity contribution is 7.99. The Labute approximate surface area is 266 Å². The molecule has 1 fully saturated rings. The maximum atomic E-state index is 12.5. The third-order valence-corrected chi connectivity index (χ3v) is 8.48. The molecule has 4 aromatic rings. The molecule has 2 amide bonds. The number of aromatic nitrogens is 1. The average molecular weight is 629 g/mol. The van der Waals surface area contributed by atoms with E-state index in [0.717, 1.165) is 21.4 Å². The number of aliphatic hydroxyl groups is 1. The van der Waals surface area contributed by atoms with Crippen LogP contribution in [0.3, 0.4) is 0 Å². The van der Waals surface area contributed by atoms with Crippen LogP contribution in [0.1, 0.15) is 54.8 Å². The van der Waals surface area contributed by atoms with Crippen LogP contribution >= 0.6 is 11.8 Å².